The maximum Gasteiger partial charge on any atom is 0.220 e. The minimum absolute atomic E-state index is 0.196. The van der Waals surface area contributed by atoms with Crippen LogP contribution in [0.4, 0.5) is 0 Å². The molecular formula is C16H32N2O2. The number of carbonyl (C=O) groups is 1. The van der Waals surface area contributed by atoms with Crippen molar-refractivity contribution < 1.29 is 9.53 Å². The molecule has 4 nitrogen and oxygen atoms in total. The molecule has 1 fully saturated rings. The zero-order chi connectivity index (χ0) is 14.8. The molecule has 118 valence electrons. The fourth-order valence-corrected chi connectivity index (χ4v) is 3.07. The van der Waals surface area contributed by atoms with Gasteiger partial charge in [0, 0.05) is 25.7 Å². The molecule has 0 spiro atoms. The zero-order valence-electron chi connectivity index (χ0n) is 13.2. The van der Waals surface area contributed by atoms with Gasteiger partial charge in [0.25, 0.3) is 0 Å². The van der Waals surface area contributed by atoms with Gasteiger partial charge >= 0.3 is 0 Å². The number of nitrogens with two attached hydrogens (primary N) is 1. The molecule has 1 rings (SSSR count). The highest BCUT2D eigenvalue weighted by Crippen LogP contribution is 2.20. The maximum absolute atomic E-state index is 12.0. The van der Waals surface area contributed by atoms with E-state index in [2.05, 4.69) is 19.2 Å². The molecule has 2 unspecified atom stereocenters. The van der Waals surface area contributed by atoms with Gasteiger partial charge in [-0.05, 0) is 51.0 Å². The summed E-state index contributed by atoms with van der Waals surface area (Å²) in [4.78, 5) is 12.0. The van der Waals surface area contributed by atoms with Crippen molar-refractivity contribution in [2.24, 2.45) is 17.6 Å². The third kappa shape index (κ3) is 6.71. The lowest BCUT2D eigenvalue weighted by Crippen LogP contribution is -2.40. The summed E-state index contributed by atoms with van der Waals surface area (Å²) >= 11 is 0. The van der Waals surface area contributed by atoms with Crippen molar-refractivity contribution in [2.75, 3.05) is 19.8 Å². The van der Waals surface area contributed by atoms with Crippen LogP contribution in [0.2, 0.25) is 0 Å². The number of hydrogen-bond acceptors (Lipinski definition) is 3. The number of carbonyl (C=O) groups excluding carboxylic acids is 1. The van der Waals surface area contributed by atoms with Crippen LogP contribution in [0.3, 0.4) is 0 Å². The molecule has 3 N–H and O–H groups in total. The first-order valence-corrected chi connectivity index (χ1v) is 8.24. The van der Waals surface area contributed by atoms with E-state index in [1.807, 2.05) is 0 Å². The van der Waals surface area contributed by atoms with E-state index in [9.17, 15) is 4.79 Å². The summed E-state index contributed by atoms with van der Waals surface area (Å²) in [6.45, 7) is 6.71. The van der Waals surface area contributed by atoms with E-state index in [0.717, 1.165) is 45.4 Å². The Kier molecular flexibility index (Phi) is 8.86. The second-order valence-corrected chi connectivity index (χ2v) is 6.08. The van der Waals surface area contributed by atoms with E-state index in [0.29, 0.717) is 18.3 Å². The van der Waals surface area contributed by atoms with Crippen molar-refractivity contribution in [1.82, 2.24) is 5.32 Å². The van der Waals surface area contributed by atoms with Crippen LogP contribution in [-0.4, -0.2) is 31.7 Å². The van der Waals surface area contributed by atoms with Crippen molar-refractivity contribution in [1.29, 1.82) is 0 Å². The van der Waals surface area contributed by atoms with Gasteiger partial charge in [-0.2, -0.15) is 0 Å². The first kappa shape index (κ1) is 17.4. The highest BCUT2D eigenvalue weighted by atomic mass is 16.5. The van der Waals surface area contributed by atoms with Crippen LogP contribution in [0, 0.1) is 11.8 Å². The minimum atomic E-state index is 0.196. The Hall–Kier alpha value is -0.610. The summed E-state index contributed by atoms with van der Waals surface area (Å²) in [5.74, 6) is 1.37. The third-order valence-corrected chi connectivity index (χ3v) is 4.41. The van der Waals surface area contributed by atoms with E-state index >= 15 is 0 Å². The molecule has 0 aromatic carbocycles. The highest BCUT2D eigenvalue weighted by Gasteiger charge is 2.22. The molecule has 20 heavy (non-hydrogen) atoms. The monoisotopic (exact) mass is 284 g/mol. The fourth-order valence-electron chi connectivity index (χ4n) is 3.07. The Bertz CT molecular complexity index is 259. The van der Waals surface area contributed by atoms with Gasteiger partial charge in [0.15, 0.2) is 0 Å². The average molecular weight is 284 g/mol. The minimum Gasteiger partial charge on any atom is -0.381 e. The zero-order valence-corrected chi connectivity index (χ0v) is 13.2. The third-order valence-electron chi connectivity index (χ3n) is 4.41. The van der Waals surface area contributed by atoms with Crippen LogP contribution in [0.25, 0.3) is 0 Å². The van der Waals surface area contributed by atoms with Crippen LogP contribution in [0.15, 0.2) is 0 Å². The molecule has 1 aliphatic rings. The van der Waals surface area contributed by atoms with Crippen LogP contribution >= 0.6 is 0 Å². The van der Waals surface area contributed by atoms with Crippen LogP contribution in [-0.2, 0) is 9.53 Å². The molecule has 1 heterocycles. The summed E-state index contributed by atoms with van der Waals surface area (Å²) in [6.07, 6.45) is 7.12. The van der Waals surface area contributed by atoms with Gasteiger partial charge < -0.3 is 15.8 Å². The van der Waals surface area contributed by atoms with Gasteiger partial charge in [0.2, 0.25) is 5.91 Å². The molecule has 2 atom stereocenters. The molecule has 0 aromatic rings. The molecule has 0 saturated carbocycles. The second-order valence-electron chi connectivity index (χ2n) is 6.08. The number of nitrogens with one attached hydrogen (secondary N) is 1. The standard InChI is InChI=1S/C16H32N2O2/c1-3-4-14(7-10-17)5-6-16(19)18-13(2)15-8-11-20-12-9-15/h13-15H,3-12,17H2,1-2H3,(H,18,19). The Morgan fingerprint density at radius 3 is 2.60 bits per heavy atom. The predicted octanol–water partition coefficient (Wildman–Crippen LogP) is 2.46. The second kappa shape index (κ2) is 10.2. The van der Waals surface area contributed by atoms with Crippen LogP contribution in [0.5, 0.6) is 0 Å². The van der Waals surface area contributed by atoms with E-state index in [1.54, 1.807) is 0 Å². The lowest BCUT2D eigenvalue weighted by atomic mass is 9.92. The van der Waals surface area contributed by atoms with E-state index in [-0.39, 0.29) is 11.9 Å². The Balaban J connectivity index is 2.23. The number of amides is 1. The highest BCUT2D eigenvalue weighted by molar-refractivity contribution is 5.76. The SMILES string of the molecule is CCCC(CCN)CCC(=O)NC(C)C1CCOCC1. The molecule has 0 radical (unpaired) electrons. The van der Waals surface area contributed by atoms with Gasteiger partial charge in [-0.25, -0.2) is 0 Å². The lowest BCUT2D eigenvalue weighted by Gasteiger charge is -2.28. The van der Waals surface area contributed by atoms with Gasteiger partial charge in [-0.3, -0.25) is 4.79 Å². The van der Waals surface area contributed by atoms with E-state index in [1.165, 1.54) is 12.8 Å². The molecule has 0 aliphatic carbocycles. The molecule has 1 saturated heterocycles. The first-order chi connectivity index (χ1) is 9.67. The molecule has 0 bridgehead atoms. The van der Waals surface area contributed by atoms with Gasteiger partial charge in [0.05, 0.1) is 0 Å². The maximum atomic E-state index is 12.0. The number of hydrogen-bond donors (Lipinski definition) is 2. The van der Waals surface area contributed by atoms with Crippen LogP contribution < -0.4 is 11.1 Å². The van der Waals surface area contributed by atoms with Crippen LogP contribution in [0.1, 0.15) is 58.8 Å². The Labute approximate surface area is 123 Å². The van der Waals surface area contributed by atoms with Crippen molar-refractivity contribution in [3.05, 3.63) is 0 Å². The quantitative estimate of drug-likeness (QED) is 0.683. The topological polar surface area (TPSA) is 64.4 Å². The summed E-state index contributed by atoms with van der Waals surface area (Å²) in [5, 5.41) is 3.16. The molecular weight excluding hydrogens is 252 g/mol. The van der Waals surface area contributed by atoms with Gasteiger partial charge in [-0.1, -0.05) is 19.8 Å². The summed E-state index contributed by atoms with van der Waals surface area (Å²) < 4.78 is 5.36. The van der Waals surface area contributed by atoms with Crippen molar-refractivity contribution in [2.45, 2.75) is 64.8 Å². The van der Waals surface area contributed by atoms with Gasteiger partial charge in [0.1, 0.15) is 0 Å². The largest absolute Gasteiger partial charge is 0.381 e. The Morgan fingerprint density at radius 1 is 1.30 bits per heavy atom. The predicted molar refractivity (Wildman–Crippen MR) is 82.5 cm³/mol. The number of ether oxygens (including phenoxy) is 1. The van der Waals surface area contributed by atoms with Crippen molar-refractivity contribution >= 4 is 5.91 Å². The smallest absolute Gasteiger partial charge is 0.220 e. The molecule has 1 aliphatic heterocycles. The van der Waals surface area contributed by atoms with Crippen molar-refractivity contribution in [3.8, 4) is 0 Å². The Morgan fingerprint density at radius 2 is 2.00 bits per heavy atom. The van der Waals surface area contributed by atoms with Crippen molar-refractivity contribution in [3.63, 3.8) is 0 Å². The average Bonchev–Trinajstić information content (AvgIpc) is 2.46. The summed E-state index contributed by atoms with van der Waals surface area (Å²) in [5.41, 5.74) is 5.63. The normalized spacial score (nSPS) is 19.6. The summed E-state index contributed by atoms with van der Waals surface area (Å²) in [7, 11) is 0. The van der Waals surface area contributed by atoms with Gasteiger partial charge in [-0.15, -0.1) is 0 Å². The lowest BCUT2D eigenvalue weighted by molar-refractivity contribution is -0.122. The fraction of sp³-hybridized carbons (Fsp3) is 0.938. The summed E-state index contributed by atoms with van der Waals surface area (Å²) in [6, 6.07) is 0.269. The number of rotatable bonds is 9. The molecule has 0 aromatic heterocycles. The molecule has 1 amide bonds. The van der Waals surface area contributed by atoms with E-state index < -0.39 is 0 Å². The first-order valence-electron chi connectivity index (χ1n) is 8.24. The van der Waals surface area contributed by atoms with E-state index in [4.69, 9.17) is 10.5 Å². The molecule has 4 heteroatoms.